The third-order valence-electron chi connectivity index (χ3n) is 19.3. The zero-order valence-electron chi connectivity index (χ0n) is 46.4. The first-order valence-corrected chi connectivity index (χ1v) is 29.5. The highest BCUT2D eigenvalue weighted by molar-refractivity contribution is 5.98. The normalized spacial score (nSPS) is 17.6. The predicted octanol–water partition coefficient (Wildman–Crippen LogP) is 21.2. The summed E-state index contributed by atoms with van der Waals surface area (Å²) in [5.74, 6) is 0.957. The molecule has 0 N–H and O–H groups in total. The lowest BCUT2D eigenvalue weighted by molar-refractivity contribution is 0.350. The Morgan fingerprint density at radius 2 is 0.744 bits per heavy atom. The molecule has 0 aliphatic heterocycles. The Labute approximate surface area is 482 Å². The number of hydrogen-bond donors (Lipinski definition) is 0. The maximum atomic E-state index is 2.62. The molecule has 2 nitrogen and oxygen atoms in total. The van der Waals surface area contributed by atoms with Crippen molar-refractivity contribution in [2.24, 2.45) is 11.8 Å². The van der Waals surface area contributed by atoms with Gasteiger partial charge in [0.15, 0.2) is 0 Å². The highest BCUT2D eigenvalue weighted by atomic mass is 15.2. The Hall–Kier alpha value is -9.50. The molecule has 12 aromatic rings. The molecule has 1 fully saturated rings. The van der Waals surface area contributed by atoms with E-state index < -0.39 is 0 Å². The lowest BCUT2D eigenvalue weighted by Gasteiger charge is -2.40. The summed E-state index contributed by atoms with van der Waals surface area (Å²) in [6.07, 6.45) is 4.59. The Morgan fingerprint density at radius 1 is 0.317 bits per heavy atom. The highest BCUT2D eigenvalue weighted by Gasteiger charge is 2.62. The van der Waals surface area contributed by atoms with E-state index in [0.29, 0.717) is 11.8 Å². The van der Waals surface area contributed by atoms with Gasteiger partial charge >= 0.3 is 0 Å². The lowest BCUT2D eigenvalue weighted by Crippen LogP contribution is -2.34. The average molecular weight is 1050 g/mol. The molecule has 3 atom stereocenters. The molecule has 392 valence electrons. The van der Waals surface area contributed by atoms with Crippen LogP contribution in [0.1, 0.15) is 60.1 Å². The van der Waals surface area contributed by atoms with Gasteiger partial charge in [-0.2, -0.15) is 0 Å². The van der Waals surface area contributed by atoms with E-state index in [1.165, 1.54) is 135 Å². The van der Waals surface area contributed by atoms with Crippen LogP contribution in [0, 0.1) is 11.8 Å². The van der Waals surface area contributed by atoms with Gasteiger partial charge in [-0.15, -0.1) is 0 Å². The fourth-order valence-corrected chi connectivity index (χ4v) is 15.8. The highest BCUT2D eigenvalue weighted by Crippen LogP contribution is 2.69. The van der Waals surface area contributed by atoms with Crippen molar-refractivity contribution < 1.29 is 0 Å². The smallest absolute Gasteiger partial charge is 0.0505 e. The van der Waals surface area contributed by atoms with E-state index in [4.69, 9.17) is 0 Å². The summed E-state index contributed by atoms with van der Waals surface area (Å²) in [6, 6.07) is 105. The quantitative estimate of drug-likeness (QED) is 0.135. The van der Waals surface area contributed by atoms with Crippen LogP contribution >= 0.6 is 0 Å². The summed E-state index contributed by atoms with van der Waals surface area (Å²) >= 11 is 0. The van der Waals surface area contributed by atoms with Crippen LogP contribution in [0.25, 0.3) is 66.4 Å². The van der Waals surface area contributed by atoms with Gasteiger partial charge in [0.05, 0.1) is 11.4 Å². The van der Waals surface area contributed by atoms with Crippen molar-refractivity contribution in [3.05, 3.63) is 312 Å². The molecule has 1 spiro atoms. The zero-order valence-corrected chi connectivity index (χ0v) is 46.4. The van der Waals surface area contributed by atoms with Gasteiger partial charge < -0.3 is 9.80 Å². The third-order valence-corrected chi connectivity index (χ3v) is 19.3. The number of rotatable bonds is 10. The van der Waals surface area contributed by atoms with Crippen LogP contribution in [-0.2, 0) is 23.7 Å². The van der Waals surface area contributed by atoms with Gasteiger partial charge in [0.1, 0.15) is 0 Å². The minimum Gasteiger partial charge on any atom is -0.310 e. The SMILES string of the molecule is CC1(C)c2cc(N(c3ccccc3)c3cccc4c3C35c6c(cccc6N(c6ccccc6)c6ccc(-c7cc8ccccc8cc7-c7ccc(-c8ccccc8)cc7)cc6)CC3CCC5C4)ccc2-c2c(-c3ccccc3)cccc21. The monoisotopic (exact) mass is 1050 g/mol. The summed E-state index contributed by atoms with van der Waals surface area (Å²) < 4.78 is 0. The molecule has 0 radical (unpaired) electrons. The summed E-state index contributed by atoms with van der Waals surface area (Å²) in [4.78, 5) is 5.20. The molecule has 3 unspecified atom stereocenters. The summed E-state index contributed by atoms with van der Waals surface area (Å²) in [5, 5.41) is 2.48. The van der Waals surface area contributed by atoms with Gasteiger partial charge in [0.25, 0.3) is 0 Å². The Kier molecular flexibility index (Phi) is 11.3. The molecule has 0 amide bonds. The van der Waals surface area contributed by atoms with Gasteiger partial charge in [-0.05, 0) is 210 Å². The van der Waals surface area contributed by atoms with Crippen LogP contribution in [0.4, 0.5) is 34.1 Å². The predicted molar refractivity (Wildman–Crippen MR) is 343 cm³/mol. The van der Waals surface area contributed by atoms with E-state index in [1.54, 1.807) is 0 Å². The van der Waals surface area contributed by atoms with Gasteiger partial charge in [0.2, 0.25) is 0 Å². The van der Waals surface area contributed by atoms with Crippen molar-refractivity contribution in [1.29, 1.82) is 0 Å². The van der Waals surface area contributed by atoms with Crippen molar-refractivity contribution in [2.45, 2.75) is 50.4 Å². The lowest BCUT2D eigenvalue weighted by atomic mass is 9.68. The summed E-state index contributed by atoms with van der Waals surface area (Å²) in [6.45, 7) is 4.84. The first-order chi connectivity index (χ1) is 40.4. The summed E-state index contributed by atoms with van der Waals surface area (Å²) in [7, 11) is 0. The van der Waals surface area contributed by atoms with Gasteiger partial charge in [-0.1, -0.05) is 220 Å². The maximum absolute atomic E-state index is 2.62. The first-order valence-electron chi connectivity index (χ1n) is 29.5. The van der Waals surface area contributed by atoms with E-state index in [2.05, 4.69) is 303 Å². The Morgan fingerprint density at radius 3 is 1.30 bits per heavy atom. The fraction of sp³-hybridized carbons (Fsp3) is 0.125. The number of fused-ring (bicyclic) bond motifs is 6. The molecular formula is C80H62N2. The number of anilines is 6. The third kappa shape index (κ3) is 7.47. The van der Waals surface area contributed by atoms with Crippen LogP contribution < -0.4 is 9.80 Å². The fourth-order valence-electron chi connectivity index (χ4n) is 15.8. The first kappa shape index (κ1) is 48.4. The molecular weight excluding hydrogens is 989 g/mol. The number of nitrogens with zero attached hydrogens (tertiary/aromatic N) is 2. The molecule has 4 aliphatic rings. The molecule has 12 aromatic carbocycles. The van der Waals surface area contributed by atoms with Crippen LogP contribution in [-0.4, -0.2) is 0 Å². The topological polar surface area (TPSA) is 6.48 Å². The van der Waals surface area contributed by atoms with Crippen molar-refractivity contribution in [2.75, 3.05) is 9.80 Å². The van der Waals surface area contributed by atoms with Crippen LogP contribution in [0.15, 0.2) is 279 Å². The van der Waals surface area contributed by atoms with Crippen LogP contribution in [0.5, 0.6) is 0 Å². The molecule has 82 heavy (non-hydrogen) atoms. The van der Waals surface area contributed by atoms with Gasteiger partial charge in [-0.3, -0.25) is 0 Å². The summed E-state index contributed by atoms with van der Waals surface area (Å²) in [5.41, 5.74) is 28.3. The molecule has 16 rings (SSSR count). The average Bonchev–Trinajstić information content (AvgIpc) is 2.14. The molecule has 2 heteroatoms. The van der Waals surface area contributed by atoms with Crippen molar-refractivity contribution in [1.82, 2.24) is 0 Å². The molecule has 0 bridgehead atoms. The Bertz CT molecular complexity index is 4400. The van der Waals surface area contributed by atoms with Crippen molar-refractivity contribution >= 4 is 44.9 Å². The van der Waals surface area contributed by atoms with E-state index in [1.807, 2.05) is 0 Å². The minimum absolute atomic E-state index is 0.190. The van der Waals surface area contributed by atoms with Crippen molar-refractivity contribution in [3.63, 3.8) is 0 Å². The second-order valence-electron chi connectivity index (χ2n) is 23.9. The molecule has 0 heterocycles. The van der Waals surface area contributed by atoms with Crippen LogP contribution in [0.2, 0.25) is 0 Å². The zero-order chi connectivity index (χ0) is 54.5. The second-order valence-corrected chi connectivity index (χ2v) is 23.9. The standard InChI is InChI=1S/C80H62N2/c1-79(2)72-33-19-32-68(55-22-9-4-10-23-55)76(72)69-47-46-67(52-73(69)79)82(65-30-13-6-14-31-65)75-35-18-27-61-49-63-43-42-62-48-60-26-17-34-74(77(60)80(62,63)78(61)75)81(64-28-11-5-12-29-64)66-44-40-57(41-45-66)71-51-59-25-16-15-24-58(59)50-70(71)56-38-36-54(37-39-56)53-20-7-3-8-21-53/h3-41,44-47,50-52,62-63H,42-43,48-49H2,1-2H3. The van der Waals surface area contributed by atoms with Gasteiger partial charge in [0, 0.05) is 33.6 Å². The van der Waals surface area contributed by atoms with E-state index in [-0.39, 0.29) is 10.8 Å². The van der Waals surface area contributed by atoms with E-state index >= 15 is 0 Å². The Balaban J connectivity index is 0.840. The number of hydrogen-bond acceptors (Lipinski definition) is 2. The van der Waals surface area contributed by atoms with E-state index in [0.717, 1.165) is 24.2 Å². The molecule has 0 aromatic heterocycles. The van der Waals surface area contributed by atoms with Crippen LogP contribution in [0.3, 0.4) is 0 Å². The minimum atomic E-state index is -0.196. The largest absolute Gasteiger partial charge is 0.310 e. The van der Waals surface area contributed by atoms with Crippen molar-refractivity contribution in [3.8, 4) is 55.6 Å². The second kappa shape index (κ2) is 19.1. The molecule has 0 saturated heterocycles. The molecule has 1 saturated carbocycles. The number of benzene rings is 12. The number of para-hydroxylation sites is 2. The maximum Gasteiger partial charge on any atom is 0.0505 e. The van der Waals surface area contributed by atoms with Gasteiger partial charge in [-0.25, -0.2) is 0 Å². The van der Waals surface area contributed by atoms with E-state index in [9.17, 15) is 0 Å². The molecule has 4 aliphatic carbocycles.